The third-order valence-corrected chi connectivity index (χ3v) is 3.41. The number of aryl methyl sites for hydroxylation is 1. The van der Waals surface area contributed by atoms with Gasteiger partial charge in [0.2, 0.25) is 0 Å². The normalized spacial score (nSPS) is 11.6. The molecule has 0 fully saturated rings. The fourth-order valence-electron chi connectivity index (χ4n) is 1.70. The van der Waals surface area contributed by atoms with Gasteiger partial charge in [-0.25, -0.2) is 4.79 Å². The van der Waals surface area contributed by atoms with Gasteiger partial charge in [-0.3, -0.25) is 9.59 Å². The highest BCUT2D eigenvalue weighted by atomic mass is 79.9. The lowest BCUT2D eigenvalue weighted by Crippen LogP contribution is -2.41. The van der Waals surface area contributed by atoms with Crippen LogP contribution in [0.1, 0.15) is 28.8 Å². The second-order valence-corrected chi connectivity index (χ2v) is 5.35. The molecule has 7 heteroatoms. The number of carboxylic acid groups (broad SMARTS) is 1. The van der Waals surface area contributed by atoms with Crippen LogP contribution in [0.4, 0.5) is 0 Å². The first-order chi connectivity index (χ1) is 9.85. The van der Waals surface area contributed by atoms with Crippen LogP contribution in [-0.2, 0) is 14.3 Å². The Morgan fingerprint density at radius 1 is 1.38 bits per heavy atom. The number of esters is 1. The summed E-state index contributed by atoms with van der Waals surface area (Å²) in [5.41, 5.74) is 1.11. The third-order valence-electron chi connectivity index (χ3n) is 2.91. The number of ether oxygens (including phenoxy) is 1. The van der Waals surface area contributed by atoms with E-state index in [0.29, 0.717) is 5.56 Å². The molecule has 1 aromatic carbocycles. The zero-order chi connectivity index (χ0) is 16.0. The predicted octanol–water partition coefficient (Wildman–Crippen LogP) is 1.89. The Kier molecular flexibility index (Phi) is 6.36. The van der Waals surface area contributed by atoms with Crippen molar-refractivity contribution in [2.75, 3.05) is 7.11 Å². The summed E-state index contributed by atoms with van der Waals surface area (Å²) in [5.74, 6) is -2.21. The molecule has 1 rings (SSSR count). The van der Waals surface area contributed by atoms with Crippen LogP contribution in [0, 0.1) is 6.92 Å². The lowest BCUT2D eigenvalue weighted by Gasteiger charge is -2.15. The van der Waals surface area contributed by atoms with E-state index in [4.69, 9.17) is 5.11 Å². The van der Waals surface area contributed by atoms with Crippen LogP contribution in [0.5, 0.6) is 0 Å². The van der Waals surface area contributed by atoms with Crippen LogP contribution in [0.25, 0.3) is 0 Å². The summed E-state index contributed by atoms with van der Waals surface area (Å²) in [6, 6.07) is 4.01. The molecule has 1 atom stereocenters. The van der Waals surface area contributed by atoms with E-state index >= 15 is 0 Å². The molecule has 114 valence electrons. The van der Waals surface area contributed by atoms with Gasteiger partial charge in [-0.2, -0.15) is 0 Å². The largest absolute Gasteiger partial charge is 0.480 e. The van der Waals surface area contributed by atoms with Gasteiger partial charge in [0.15, 0.2) is 0 Å². The second-order valence-electron chi connectivity index (χ2n) is 4.44. The molecule has 0 heterocycles. The van der Waals surface area contributed by atoms with E-state index in [1.807, 2.05) is 0 Å². The van der Waals surface area contributed by atoms with E-state index in [9.17, 15) is 14.4 Å². The minimum absolute atomic E-state index is 0.0270. The molecule has 0 saturated heterocycles. The lowest BCUT2D eigenvalue weighted by atomic mass is 10.1. The van der Waals surface area contributed by atoms with Crippen molar-refractivity contribution in [3.05, 3.63) is 33.8 Å². The summed E-state index contributed by atoms with van der Waals surface area (Å²) in [6.07, 6.45) is -0.105. The fourth-order valence-corrected chi connectivity index (χ4v) is 2.06. The van der Waals surface area contributed by atoms with E-state index < -0.39 is 23.9 Å². The molecule has 0 bridgehead atoms. The third kappa shape index (κ3) is 5.18. The van der Waals surface area contributed by atoms with Gasteiger partial charge in [0.05, 0.1) is 7.11 Å². The van der Waals surface area contributed by atoms with Crippen LogP contribution in [0.15, 0.2) is 22.7 Å². The quantitative estimate of drug-likeness (QED) is 0.758. The van der Waals surface area contributed by atoms with Crippen molar-refractivity contribution in [2.45, 2.75) is 25.8 Å². The Hall–Kier alpha value is -1.89. The molecular weight excluding hydrogens is 342 g/mol. The molecule has 0 saturated carbocycles. The number of methoxy groups -OCH3 is 1. The van der Waals surface area contributed by atoms with E-state index in [0.717, 1.165) is 10.0 Å². The first-order valence-electron chi connectivity index (χ1n) is 6.21. The SMILES string of the molecule is COC(=O)CC[C@H](NC(=O)c1cc(Br)ccc1C)C(=O)O. The molecule has 0 unspecified atom stereocenters. The molecule has 1 aromatic rings. The smallest absolute Gasteiger partial charge is 0.326 e. The Morgan fingerprint density at radius 3 is 2.62 bits per heavy atom. The number of carboxylic acids is 1. The van der Waals surface area contributed by atoms with Crippen molar-refractivity contribution in [1.82, 2.24) is 5.32 Å². The maximum atomic E-state index is 12.1. The van der Waals surface area contributed by atoms with Gasteiger partial charge in [-0.05, 0) is 31.0 Å². The van der Waals surface area contributed by atoms with Gasteiger partial charge in [0.25, 0.3) is 5.91 Å². The maximum absolute atomic E-state index is 12.1. The number of benzene rings is 1. The first-order valence-corrected chi connectivity index (χ1v) is 7.01. The Morgan fingerprint density at radius 2 is 2.05 bits per heavy atom. The van der Waals surface area contributed by atoms with Crippen molar-refractivity contribution in [2.24, 2.45) is 0 Å². The number of aliphatic carboxylic acids is 1. The molecule has 21 heavy (non-hydrogen) atoms. The van der Waals surface area contributed by atoms with Crippen LogP contribution in [-0.4, -0.2) is 36.1 Å². The molecule has 1 amide bonds. The van der Waals surface area contributed by atoms with Gasteiger partial charge < -0.3 is 15.2 Å². The molecular formula is C14H16BrNO5. The number of rotatable bonds is 6. The number of hydrogen-bond acceptors (Lipinski definition) is 4. The second kappa shape index (κ2) is 7.78. The average Bonchev–Trinajstić information content (AvgIpc) is 2.44. The Labute approximate surface area is 130 Å². The van der Waals surface area contributed by atoms with Gasteiger partial charge in [-0.15, -0.1) is 0 Å². The standard InChI is InChI=1S/C14H16BrNO5/c1-8-3-4-9(15)7-10(8)13(18)16-11(14(19)20)5-6-12(17)21-2/h3-4,7,11H,5-6H2,1-2H3,(H,16,18)(H,19,20)/t11-/m0/s1. The van der Waals surface area contributed by atoms with Crippen molar-refractivity contribution in [3.8, 4) is 0 Å². The number of halogens is 1. The molecule has 0 aliphatic heterocycles. The Balaban J connectivity index is 2.79. The van der Waals surface area contributed by atoms with E-state index in [2.05, 4.69) is 26.0 Å². The minimum Gasteiger partial charge on any atom is -0.480 e. The number of nitrogens with one attached hydrogen (secondary N) is 1. The van der Waals surface area contributed by atoms with Gasteiger partial charge in [0.1, 0.15) is 6.04 Å². The van der Waals surface area contributed by atoms with Crippen molar-refractivity contribution in [1.29, 1.82) is 0 Å². The molecule has 6 nitrogen and oxygen atoms in total. The van der Waals surface area contributed by atoms with Crippen molar-refractivity contribution < 1.29 is 24.2 Å². The molecule has 0 radical (unpaired) electrons. The molecule has 0 aliphatic carbocycles. The highest BCUT2D eigenvalue weighted by Gasteiger charge is 2.22. The summed E-state index contributed by atoms with van der Waals surface area (Å²) in [6.45, 7) is 1.76. The van der Waals surface area contributed by atoms with Gasteiger partial charge >= 0.3 is 11.9 Å². The van der Waals surface area contributed by atoms with Crippen LogP contribution >= 0.6 is 15.9 Å². The number of amides is 1. The highest BCUT2D eigenvalue weighted by Crippen LogP contribution is 2.16. The van der Waals surface area contributed by atoms with Crippen LogP contribution < -0.4 is 5.32 Å². The zero-order valence-electron chi connectivity index (χ0n) is 11.7. The fraction of sp³-hybridized carbons (Fsp3) is 0.357. The van der Waals surface area contributed by atoms with E-state index in [1.165, 1.54) is 7.11 Å². The maximum Gasteiger partial charge on any atom is 0.326 e. The van der Waals surface area contributed by atoms with Gasteiger partial charge in [0, 0.05) is 16.5 Å². The molecule has 0 spiro atoms. The Bertz CT molecular complexity index is 558. The summed E-state index contributed by atoms with van der Waals surface area (Å²) in [7, 11) is 1.22. The molecule has 0 aliphatic rings. The number of carbonyl (C=O) groups is 3. The number of hydrogen-bond donors (Lipinski definition) is 2. The van der Waals surface area contributed by atoms with Crippen molar-refractivity contribution in [3.63, 3.8) is 0 Å². The summed E-state index contributed by atoms with van der Waals surface area (Å²) in [5, 5.41) is 11.5. The van der Waals surface area contributed by atoms with Crippen molar-refractivity contribution >= 4 is 33.8 Å². The highest BCUT2D eigenvalue weighted by molar-refractivity contribution is 9.10. The predicted molar refractivity (Wildman–Crippen MR) is 79.0 cm³/mol. The van der Waals surface area contributed by atoms with Crippen LogP contribution in [0.3, 0.4) is 0 Å². The first kappa shape index (κ1) is 17.2. The van der Waals surface area contributed by atoms with E-state index in [-0.39, 0.29) is 12.8 Å². The minimum atomic E-state index is -1.19. The average molecular weight is 358 g/mol. The summed E-state index contributed by atoms with van der Waals surface area (Å²) >= 11 is 3.26. The summed E-state index contributed by atoms with van der Waals surface area (Å²) in [4.78, 5) is 34.3. The monoisotopic (exact) mass is 357 g/mol. The van der Waals surface area contributed by atoms with E-state index in [1.54, 1.807) is 25.1 Å². The molecule has 2 N–H and O–H groups in total. The summed E-state index contributed by atoms with van der Waals surface area (Å²) < 4.78 is 5.18. The van der Waals surface area contributed by atoms with Gasteiger partial charge in [-0.1, -0.05) is 22.0 Å². The topological polar surface area (TPSA) is 92.7 Å². The zero-order valence-corrected chi connectivity index (χ0v) is 13.3. The number of carbonyl (C=O) groups excluding carboxylic acids is 2. The van der Waals surface area contributed by atoms with Crippen LogP contribution in [0.2, 0.25) is 0 Å². The molecule has 0 aromatic heterocycles. The lowest BCUT2D eigenvalue weighted by molar-refractivity contribution is -0.142.